The number of carbonyl (C=O) groups is 1. The van der Waals surface area contributed by atoms with E-state index < -0.39 is 5.60 Å². The van der Waals surface area contributed by atoms with E-state index in [9.17, 15) is 4.79 Å². The van der Waals surface area contributed by atoms with E-state index in [1.165, 1.54) is 12.8 Å². The maximum absolute atomic E-state index is 10.5. The highest BCUT2D eigenvalue weighted by Crippen LogP contribution is 2.05. The number of unbranched alkanes of at least 4 members (excludes halogenated alkanes) is 1. The summed E-state index contributed by atoms with van der Waals surface area (Å²) in [6.07, 6.45) is 2.64. The van der Waals surface area contributed by atoms with Gasteiger partial charge in [0.2, 0.25) is 0 Å². The number of rotatable bonds is 2. The van der Waals surface area contributed by atoms with Crippen LogP contribution >= 0.6 is 0 Å². The van der Waals surface area contributed by atoms with Crippen LogP contribution in [0.4, 0.5) is 0 Å². The third-order valence-corrected chi connectivity index (χ3v) is 1.09. The SMILES string of the molecule is CC(C)(C)OC(=O)CN.CCCC. The fraction of sp³-hybridized carbons (Fsp3) is 0.900. The second-order valence-corrected chi connectivity index (χ2v) is 3.79. The molecule has 0 aliphatic carbocycles. The van der Waals surface area contributed by atoms with Gasteiger partial charge in [0.1, 0.15) is 5.60 Å². The summed E-state index contributed by atoms with van der Waals surface area (Å²) in [4.78, 5) is 10.5. The van der Waals surface area contributed by atoms with Gasteiger partial charge in [-0.2, -0.15) is 0 Å². The summed E-state index contributed by atoms with van der Waals surface area (Å²) in [7, 11) is 0. The minimum Gasteiger partial charge on any atom is -0.459 e. The van der Waals surface area contributed by atoms with E-state index in [4.69, 9.17) is 10.5 Å². The Balaban J connectivity index is 0. The summed E-state index contributed by atoms with van der Waals surface area (Å²) in [5.41, 5.74) is 4.60. The first-order valence-corrected chi connectivity index (χ1v) is 4.79. The normalized spacial score (nSPS) is 10.0. The van der Waals surface area contributed by atoms with E-state index in [2.05, 4.69) is 13.8 Å². The molecule has 2 N–H and O–H groups in total. The molecule has 80 valence electrons. The van der Waals surface area contributed by atoms with Gasteiger partial charge in [0.05, 0.1) is 6.54 Å². The van der Waals surface area contributed by atoms with Gasteiger partial charge in [-0.1, -0.05) is 26.7 Å². The second-order valence-electron chi connectivity index (χ2n) is 3.79. The highest BCUT2D eigenvalue weighted by molar-refractivity contribution is 5.71. The molecule has 0 fully saturated rings. The fourth-order valence-corrected chi connectivity index (χ4v) is 0.383. The highest BCUT2D eigenvalue weighted by Gasteiger charge is 2.13. The molecule has 0 saturated heterocycles. The van der Waals surface area contributed by atoms with E-state index in [1.54, 1.807) is 20.8 Å². The van der Waals surface area contributed by atoms with Crippen LogP contribution in [-0.2, 0) is 9.53 Å². The molecular weight excluding hydrogens is 166 g/mol. The third-order valence-electron chi connectivity index (χ3n) is 1.09. The van der Waals surface area contributed by atoms with Crippen LogP contribution in [0.15, 0.2) is 0 Å². The minimum absolute atomic E-state index is 0.0444. The summed E-state index contributed by atoms with van der Waals surface area (Å²) in [6.45, 7) is 9.74. The minimum atomic E-state index is -0.406. The fourth-order valence-electron chi connectivity index (χ4n) is 0.383. The number of ether oxygens (including phenoxy) is 1. The van der Waals surface area contributed by atoms with Crippen LogP contribution in [0.5, 0.6) is 0 Å². The molecule has 0 aromatic rings. The molecule has 0 unspecified atom stereocenters. The summed E-state index contributed by atoms with van der Waals surface area (Å²) in [6, 6.07) is 0. The Hall–Kier alpha value is -0.570. The smallest absolute Gasteiger partial charge is 0.320 e. The van der Waals surface area contributed by atoms with E-state index in [0.717, 1.165) is 0 Å². The molecule has 13 heavy (non-hydrogen) atoms. The second kappa shape index (κ2) is 8.05. The van der Waals surface area contributed by atoms with Crippen LogP contribution in [0.3, 0.4) is 0 Å². The van der Waals surface area contributed by atoms with Crippen molar-refractivity contribution >= 4 is 5.97 Å². The maximum atomic E-state index is 10.5. The van der Waals surface area contributed by atoms with Gasteiger partial charge in [0, 0.05) is 0 Å². The zero-order valence-corrected chi connectivity index (χ0v) is 9.52. The first kappa shape index (κ1) is 14.9. The van der Waals surface area contributed by atoms with E-state index in [0.29, 0.717) is 0 Å². The van der Waals surface area contributed by atoms with Gasteiger partial charge >= 0.3 is 5.97 Å². The molecule has 0 heterocycles. The first-order chi connectivity index (χ1) is 5.87. The van der Waals surface area contributed by atoms with Gasteiger partial charge in [-0.25, -0.2) is 0 Å². The van der Waals surface area contributed by atoms with E-state index in [-0.39, 0.29) is 12.5 Å². The van der Waals surface area contributed by atoms with Crippen LogP contribution in [-0.4, -0.2) is 18.1 Å². The summed E-state index contributed by atoms with van der Waals surface area (Å²) in [5, 5.41) is 0. The van der Waals surface area contributed by atoms with E-state index in [1.807, 2.05) is 0 Å². The molecule has 0 atom stereocenters. The molecular formula is C10H23NO2. The van der Waals surface area contributed by atoms with Crippen molar-refractivity contribution in [1.82, 2.24) is 0 Å². The quantitative estimate of drug-likeness (QED) is 0.677. The predicted octanol–water partition coefficient (Wildman–Crippen LogP) is 2.09. The Bertz CT molecular complexity index is 125. The predicted molar refractivity (Wildman–Crippen MR) is 55.5 cm³/mol. The average Bonchev–Trinajstić information content (AvgIpc) is 2.02. The molecule has 0 bridgehead atoms. The van der Waals surface area contributed by atoms with Crippen molar-refractivity contribution in [2.45, 2.75) is 53.1 Å². The average molecular weight is 189 g/mol. The molecule has 0 aromatic carbocycles. The lowest BCUT2D eigenvalue weighted by Crippen LogP contribution is -2.28. The molecule has 0 radical (unpaired) electrons. The third kappa shape index (κ3) is 18.4. The van der Waals surface area contributed by atoms with Gasteiger partial charge in [0.15, 0.2) is 0 Å². The van der Waals surface area contributed by atoms with Crippen LogP contribution in [0.2, 0.25) is 0 Å². The molecule has 0 aliphatic heterocycles. The Morgan fingerprint density at radius 2 is 1.62 bits per heavy atom. The number of carbonyl (C=O) groups excluding carboxylic acids is 1. The van der Waals surface area contributed by atoms with Crippen LogP contribution in [0, 0.1) is 0 Å². The summed E-state index contributed by atoms with van der Waals surface area (Å²) in [5.74, 6) is -0.359. The molecule has 0 aromatic heterocycles. The summed E-state index contributed by atoms with van der Waals surface area (Å²) < 4.78 is 4.82. The van der Waals surface area contributed by atoms with Crippen LogP contribution in [0.25, 0.3) is 0 Å². The van der Waals surface area contributed by atoms with E-state index >= 15 is 0 Å². The zero-order valence-electron chi connectivity index (χ0n) is 9.52. The van der Waals surface area contributed by atoms with Gasteiger partial charge in [-0.3, -0.25) is 4.79 Å². The van der Waals surface area contributed by atoms with Crippen molar-refractivity contribution in [3.05, 3.63) is 0 Å². The van der Waals surface area contributed by atoms with Gasteiger partial charge in [-0.05, 0) is 20.8 Å². The number of hydrogen-bond donors (Lipinski definition) is 1. The van der Waals surface area contributed by atoms with Crippen molar-refractivity contribution in [3.8, 4) is 0 Å². The molecule has 0 aliphatic rings. The molecule has 3 nitrogen and oxygen atoms in total. The Labute approximate surface area is 81.6 Å². The highest BCUT2D eigenvalue weighted by atomic mass is 16.6. The summed E-state index contributed by atoms with van der Waals surface area (Å²) >= 11 is 0. The number of nitrogens with two attached hydrogens (primary N) is 1. The lowest BCUT2D eigenvalue weighted by atomic mass is 10.2. The van der Waals surface area contributed by atoms with Gasteiger partial charge in [0.25, 0.3) is 0 Å². The largest absolute Gasteiger partial charge is 0.459 e. The van der Waals surface area contributed by atoms with Gasteiger partial charge < -0.3 is 10.5 Å². The maximum Gasteiger partial charge on any atom is 0.320 e. The topological polar surface area (TPSA) is 52.3 Å². The number of hydrogen-bond acceptors (Lipinski definition) is 3. The van der Waals surface area contributed by atoms with Crippen molar-refractivity contribution < 1.29 is 9.53 Å². The van der Waals surface area contributed by atoms with Crippen LogP contribution in [0.1, 0.15) is 47.5 Å². The molecule has 0 saturated carbocycles. The Kier molecular flexibility index (Phi) is 9.24. The zero-order chi connectivity index (χ0) is 10.9. The Morgan fingerprint density at radius 1 is 1.23 bits per heavy atom. The van der Waals surface area contributed by atoms with Crippen molar-refractivity contribution in [2.24, 2.45) is 5.73 Å². The van der Waals surface area contributed by atoms with Crippen molar-refractivity contribution in [3.63, 3.8) is 0 Å². The van der Waals surface area contributed by atoms with Crippen molar-refractivity contribution in [2.75, 3.05) is 6.54 Å². The molecule has 0 amide bonds. The standard InChI is InChI=1S/C6H13NO2.C4H10/c1-6(2,3)9-5(8)4-7;1-3-4-2/h4,7H2,1-3H3;3-4H2,1-2H3. The van der Waals surface area contributed by atoms with Gasteiger partial charge in [-0.15, -0.1) is 0 Å². The first-order valence-electron chi connectivity index (χ1n) is 4.79. The lowest BCUT2D eigenvalue weighted by Gasteiger charge is -2.18. The van der Waals surface area contributed by atoms with Crippen molar-refractivity contribution in [1.29, 1.82) is 0 Å². The molecule has 3 heteroatoms. The Morgan fingerprint density at radius 3 is 1.69 bits per heavy atom. The molecule has 0 rings (SSSR count). The lowest BCUT2D eigenvalue weighted by molar-refractivity contribution is -0.152. The van der Waals surface area contributed by atoms with Crippen LogP contribution < -0.4 is 5.73 Å². The monoisotopic (exact) mass is 189 g/mol. The molecule has 0 spiro atoms. The number of esters is 1.